The molecule has 4 aliphatic rings. The van der Waals surface area contributed by atoms with E-state index < -0.39 is 65.5 Å². The first-order valence-electron chi connectivity index (χ1n) is 20.4. The zero-order valence-corrected chi connectivity index (χ0v) is 33.0. The first kappa shape index (κ1) is 41.8. The highest BCUT2D eigenvalue weighted by molar-refractivity contribution is 5.96. The normalized spacial score (nSPS) is 26.8. The molecule has 2 aromatic rings. The number of esters is 1. The highest BCUT2D eigenvalue weighted by Gasteiger charge is 2.76. The van der Waals surface area contributed by atoms with Gasteiger partial charge in [0.15, 0.2) is 11.8 Å². The molecule has 306 valence electrons. The van der Waals surface area contributed by atoms with Gasteiger partial charge in [-0.2, -0.15) is 5.06 Å². The van der Waals surface area contributed by atoms with E-state index in [1.54, 1.807) is 18.2 Å². The largest absolute Gasteiger partial charge is 0.499 e. The minimum atomic E-state index is -1.46. The maximum Gasteiger partial charge on any atom is 0.327 e. The number of carbonyl (C=O) groups is 3. The van der Waals surface area contributed by atoms with Crippen LogP contribution in [0.3, 0.4) is 0 Å². The Kier molecular flexibility index (Phi) is 14.2. The molecule has 2 unspecified atom stereocenters. The fourth-order valence-corrected chi connectivity index (χ4v) is 8.85. The highest BCUT2D eigenvalue weighted by Crippen LogP contribution is 2.58. The van der Waals surface area contributed by atoms with E-state index in [0.29, 0.717) is 12.8 Å². The molecule has 56 heavy (non-hydrogen) atoms. The van der Waals surface area contributed by atoms with Crippen molar-refractivity contribution in [1.29, 1.82) is 0 Å². The number of aliphatic hydroxyl groups is 2. The Bertz CT molecular complexity index is 1630. The molecule has 1 aliphatic carbocycles. The number of ether oxygens (including phenoxy) is 4. The van der Waals surface area contributed by atoms with Gasteiger partial charge in [-0.05, 0) is 35.6 Å². The number of hydroxylamine groups is 2. The summed E-state index contributed by atoms with van der Waals surface area (Å²) in [4.78, 5) is 51.9. The Morgan fingerprint density at radius 1 is 0.964 bits per heavy atom. The van der Waals surface area contributed by atoms with Crippen LogP contribution in [-0.2, 0) is 51.1 Å². The van der Waals surface area contributed by atoms with Crippen LogP contribution in [0.4, 0.5) is 0 Å². The molecule has 6 rings (SSSR count). The number of unbranched alkanes of at least 4 members (excludes halogenated alkanes) is 4. The van der Waals surface area contributed by atoms with Crippen LogP contribution in [0.25, 0.3) is 6.08 Å². The summed E-state index contributed by atoms with van der Waals surface area (Å²) in [7, 11) is 1.61. The Balaban J connectivity index is 1.37. The van der Waals surface area contributed by atoms with E-state index in [0.717, 1.165) is 55.2 Å². The number of likely N-dealkylation sites (N-methyl/N-ethyl adjacent to an activating group) is 1. The average molecular weight is 778 g/mol. The van der Waals surface area contributed by atoms with Gasteiger partial charge < -0.3 is 39.4 Å². The average Bonchev–Trinajstić information content (AvgIpc) is 3.76. The van der Waals surface area contributed by atoms with E-state index in [1.807, 2.05) is 54.6 Å². The van der Waals surface area contributed by atoms with E-state index in [4.69, 9.17) is 28.9 Å². The third kappa shape index (κ3) is 8.83. The predicted molar refractivity (Wildman–Crippen MR) is 207 cm³/mol. The highest BCUT2D eigenvalue weighted by atomic mass is 16.8. The van der Waals surface area contributed by atoms with Crippen molar-refractivity contribution in [2.75, 3.05) is 33.4 Å². The fourth-order valence-electron chi connectivity index (χ4n) is 8.85. The first-order chi connectivity index (χ1) is 27.2. The van der Waals surface area contributed by atoms with Gasteiger partial charge in [-0.15, -0.1) is 0 Å². The van der Waals surface area contributed by atoms with Crippen molar-refractivity contribution in [1.82, 2.24) is 15.3 Å². The lowest BCUT2D eigenvalue weighted by Crippen LogP contribution is -2.70. The number of benzene rings is 2. The maximum absolute atomic E-state index is 15.5. The van der Waals surface area contributed by atoms with Crippen LogP contribution in [0, 0.1) is 5.41 Å². The minimum Gasteiger partial charge on any atom is -0.499 e. The number of aliphatic hydroxyl groups excluding tert-OH is 2. The zero-order valence-electron chi connectivity index (χ0n) is 33.0. The summed E-state index contributed by atoms with van der Waals surface area (Å²) in [6.45, 7) is 4.39. The molecule has 13 nitrogen and oxygen atoms in total. The number of nitrogens with zero attached hydrogens (tertiary/aromatic N) is 2. The Morgan fingerprint density at radius 3 is 2.32 bits per heavy atom. The molecule has 3 N–H and O–H groups in total. The summed E-state index contributed by atoms with van der Waals surface area (Å²) in [6.07, 6.45) is 7.95. The van der Waals surface area contributed by atoms with E-state index in [2.05, 4.69) is 19.2 Å². The number of hydrogen-bond donors (Lipinski definition) is 3. The summed E-state index contributed by atoms with van der Waals surface area (Å²) in [5, 5.41) is 22.9. The van der Waals surface area contributed by atoms with Gasteiger partial charge in [-0.25, -0.2) is 0 Å². The third-order valence-electron chi connectivity index (χ3n) is 11.6. The summed E-state index contributed by atoms with van der Waals surface area (Å²) >= 11 is 0. The van der Waals surface area contributed by atoms with Gasteiger partial charge >= 0.3 is 5.97 Å². The van der Waals surface area contributed by atoms with E-state index in [-0.39, 0.29) is 45.8 Å². The Hall–Kier alpha value is -3.85. The van der Waals surface area contributed by atoms with Gasteiger partial charge in [0, 0.05) is 39.3 Å². The molecule has 4 fully saturated rings. The van der Waals surface area contributed by atoms with Crippen molar-refractivity contribution in [2.24, 2.45) is 5.41 Å². The quantitative estimate of drug-likeness (QED) is 0.0945. The number of hydrogen-bond acceptors (Lipinski definition) is 11. The molecular formula is C43H59N3O10. The van der Waals surface area contributed by atoms with Crippen LogP contribution in [0.5, 0.6) is 0 Å². The standard InChI is InChI=1S/C43H59N3O10/c1-4-6-11-20-42(21-12-7-5-2)54-35-34-28-43(41(51)45(3)33(39(49)44-22-23-47)27-31-13-9-8-10-14-31)37(40(50)53-34)46(56-38(43)36(35)55-42)29-32-17-15-30(16-18-32)19-25-52-26-24-48/h8-10,13-19,25,33-38,47-48H,4-7,11-12,20-24,26-29H2,1-3H3,(H,44,49)/t33-,34?,35+,36+,37+,38-,43?/m1/s1. The predicted octanol–water partition coefficient (Wildman–Crippen LogP) is 4.29. The number of nitrogens with one attached hydrogen (secondary N) is 1. The second-order valence-electron chi connectivity index (χ2n) is 15.5. The molecule has 0 radical (unpaired) electrons. The van der Waals surface area contributed by atoms with Gasteiger partial charge in [0.1, 0.15) is 42.5 Å². The third-order valence-corrected chi connectivity index (χ3v) is 11.6. The smallest absolute Gasteiger partial charge is 0.327 e. The second kappa shape index (κ2) is 19.1. The monoisotopic (exact) mass is 777 g/mol. The molecule has 13 heteroatoms. The number of amides is 2. The summed E-state index contributed by atoms with van der Waals surface area (Å²) < 4.78 is 25.4. The van der Waals surface area contributed by atoms with Crippen molar-refractivity contribution < 1.29 is 48.4 Å². The van der Waals surface area contributed by atoms with Crippen LogP contribution >= 0.6 is 0 Å². The molecular weight excluding hydrogens is 718 g/mol. The second-order valence-corrected chi connectivity index (χ2v) is 15.5. The lowest BCUT2D eigenvalue weighted by molar-refractivity contribution is -0.225. The summed E-state index contributed by atoms with van der Waals surface area (Å²) in [5.74, 6) is -2.30. The van der Waals surface area contributed by atoms with E-state index >= 15 is 4.79 Å². The maximum atomic E-state index is 15.5. The van der Waals surface area contributed by atoms with Crippen LogP contribution in [0.15, 0.2) is 60.9 Å². The molecule has 3 saturated heterocycles. The minimum absolute atomic E-state index is 0.0329. The molecule has 0 spiro atoms. The molecule has 0 aromatic heterocycles. The molecule has 7 atom stereocenters. The van der Waals surface area contributed by atoms with Gasteiger partial charge in [-0.3, -0.25) is 19.2 Å². The summed E-state index contributed by atoms with van der Waals surface area (Å²) in [6, 6.07) is 15.0. The van der Waals surface area contributed by atoms with Gasteiger partial charge in [-0.1, -0.05) is 94.1 Å². The zero-order chi connectivity index (χ0) is 39.7. The van der Waals surface area contributed by atoms with Gasteiger partial charge in [0.2, 0.25) is 11.8 Å². The number of rotatable bonds is 21. The van der Waals surface area contributed by atoms with Crippen LogP contribution < -0.4 is 5.32 Å². The fraction of sp³-hybridized carbons (Fsp3) is 0.605. The first-order valence-corrected chi connectivity index (χ1v) is 20.4. The molecule has 3 heterocycles. The van der Waals surface area contributed by atoms with E-state index in [1.165, 1.54) is 11.2 Å². The molecule has 1 saturated carbocycles. The molecule has 2 amide bonds. The van der Waals surface area contributed by atoms with Crippen molar-refractivity contribution in [3.8, 4) is 0 Å². The van der Waals surface area contributed by atoms with E-state index in [9.17, 15) is 14.7 Å². The lowest BCUT2D eigenvalue weighted by Gasteiger charge is -2.50. The van der Waals surface area contributed by atoms with Crippen molar-refractivity contribution >= 4 is 23.9 Å². The number of fused-ring (bicyclic) bond motifs is 4. The Labute approximate surface area is 330 Å². The van der Waals surface area contributed by atoms with Crippen LogP contribution in [0.2, 0.25) is 0 Å². The summed E-state index contributed by atoms with van der Waals surface area (Å²) in [5.41, 5.74) is 1.11. The lowest BCUT2D eigenvalue weighted by atomic mass is 9.62. The topological polar surface area (TPSA) is 156 Å². The Morgan fingerprint density at radius 2 is 1.66 bits per heavy atom. The van der Waals surface area contributed by atoms with Crippen molar-refractivity contribution in [2.45, 2.75) is 127 Å². The number of carbonyl (C=O) groups excluding carboxylic acids is 3. The molecule has 2 aromatic carbocycles. The van der Waals surface area contributed by atoms with Gasteiger partial charge in [0.05, 0.1) is 26.0 Å². The molecule has 3 aliphatic heterocycles. The SMILES string of the molecule is CCCCCC1(CCCCC)O[C@@H]2[C@H]3ON(Cc4ccc(C=COCCO)cc4)[C@H]4C(=O)OC(CC34C(=O)N(C)[C@H](Cc3ccccc3)C(=O)NCCO)[C@@H]2O1. The van der Waals surface area contributed by atoms with Crippen molar-refractivity contribution in [3.63, 3.8) is 0 Å². The van der Waals surface area contributed by atoms with Gasteiger partial charge in [0.25, 0.3) is 0 Å². The van der Waals surface area contributed by atoms with Crippen LogP contribution in [-0.4, -0.2) is 114 Å². The molecule has 2 bridgehead atoms. The van der Waals surface area contributed by atoms with Crippen LogP contribution in [0.1, 0.15) is 88.3 Å². The van der Waals surface area contributed by atoms with Crippen molar-refractivity contribution in [3.05, 3.63) is 77.5 Å².